The van der Waals surface area contributed by atoms with Crippen LogP contribution in [0, 0.1) is 0 Å². The van der Waals surface area contributed by atoms with E-state index < -0.39 is 12.0 Å². The van der Waals surface area contributed by atoms with Crippen LogP contribution >= 0.6 is 15.9 Å². The van der Waals surface area contributed by atoms with Crippen LogP contribution in [0.1, 0.15) is 35.6 Å². The number of carboxylic acids is 1. The van der Waals surface area contributed by atoms with Gasteiger partial charge in [-0.25, -0.2) is 0 Å². The summed E-state index contributed by atoms with van der Waals surface area (Å²) in [6.45, 7) is 1.28. The number of halogens is 1. The van der Waals surface area contributed by atoms with Gasteiger partial charge in [-0.15, -0.1) is 0 Å². The van der Waals surface area contributed by atoms with E-state index in [0.717, 1.165) is 39.9 Å². The molecule has 1 saturated heterocycles. The third kappa shape index (κ3) is 4.74. The molecule has 0 bridgehead atoms. The molecule has 3 aromatic carbocycles. The van der Waals surface area contributed by atoms with Crippen LogP contribution < -0.4 is 4.74 Å². The first-order chi connectivity index (χ1) is 14.6. The Morgan fingerprint density at radius 2 is 1.80 bits per heavy atom. The van der Waals surface area contributed by atoms with Gasteiger partial charge in [0.2, 0.25) is 0 Å². The number of aliphatic carboxylic acids is 1. The zero-order valence-electron chi connectivity index (χ0n) is 16.6. The number of carbonyl (C=O) groups is 1. The molecular formula is C25H24BrNO3. The number of carboxylic acid groups (broad SMARTS) is 1. The first kappa shape index (κ1) is 20.6. The predicted molar refractivity (Wildman–Crippen MR) is 121 cm³/mol. The van der Waals surface area contributed by atoms with Crippen molar-refractivity contribution in [1.29, 1.82) is 0 Å². The number of benzene rings is 3. The molecule has 1 heterocycles. The molecule has 0 amide bonds. The zero-order chi connectivity index (χ0) is 20.9. The standard InChI is InChI=1S/C25H24BrNO3/c26-21-9-4-8-20(16-21)24(27-15-5-10-23(27)25(28)29)19-11-13-22(14-12-19)30-17-18-6-2-1-3-7-18/h1-4,6-9,11-14,16,23-24H,5,10,15,17H2,(H,28,29). The van der Waals surface area contributed by atoms with Crippen LogP contribution in [0.25, 0.3) is 0 Å². The fourth-order valence-electron chi connectivity index (χ4n) is 4.10. The monoisotopic (exact) mass is 465 g/mol. The highest BCUT2D eigenvalue weighted by molar-refractivity contribution is 9.10. The summed E-state index contributed by atoms with van der Waals surface area (Å²) in [5, 5.41) is 9.73. The first-order valence-electron chi connectivity index (χ1n) is 10.1. The molecule has 30 heavy (non-hydrogen) atoms. The van der Waals surface area contributed by atoms with Crippen molar-refractivity contribution < 1.29 is 14.6 Å². The van der Waals surface area contributed by atoms with Crippen molar-refractivity contribution in [2.45, 2.75) is 31.5 Å². The van der Waals surface area contributed by atoms with E-state index in [1.165, 1.54) is 0 Å². The van der Waals surface area contributed by atoms with Gasteiger partial charge in [0.15, 0.2) is 0 Å². The number of nitrogens with zero attached hydrogens (tertiary/aromatic N) is 1. The molecule has 5 heteroatoms. The molecule has 0 aliphatic carbocycles. The Bertz CT molecular complexity index is 991. The quantitative estimate of drug-likeness (QED) is 0.488. The minimum absolute atomic E-state index is 0.116. The summed E-state index contributed by atoms with van der Waals surface area (Å²) in [6.07, 6.45) is 1.57. The van der Waals surface area contributed by atoms with Crippen LogP contribution in [0.4, 0.5) is 0 Å². The van der Waals surface area contributed by atoms with Crippen LogP contribution in [-0.2, 0) is 11.4 Å². The van der Waals surface area contributed by atoms with Gasteiger partial charge in [0, 0.05) is 11.0 Å². The van der Waals surface area contributed by atoms with Gasteiger partial charge in [0.25, 0.3) is 0 Å². The van der Waals surface area contributed by atoms with E-state index >= 15 is 0 Å². The van der Waals surface area contributed by atoms with Crippen LogP contribution in [0.3, 0.4) is 0 Å². The number of rotatable bonds is 7. The first-order valence-corrected chi connectivity index (χ1v) is 10.9. The highest BCUT2D eigenvalue weighted by Gasteiger charge is 2.36. The molecule has 0 radical (unpaired) electrons. The third-order valence-corrected chi connectivity index (χ3v) is 6.01. The lowest BCUT2D eigenvalue weighted by atomic mass is 9.96. The van der Waals surface area contributed by atoms with Crippen molar-refractivity contribution in [3.8, 4) is 5.75 Å². The van der Waals surface area contributed by atoms with Crippen LogP contribution in [-0.4, -0.2) is 28.6 Å². The molecule has 2 atom stereocenters. The van der Waals surface area contributed by atoms with Gasteiger partial charge < -0.3 is 9.84 Å². The number of hydrogen-bond donors (Lipinski definition) is 1. The lowest BCUT2D eigenvalue weighted by molar-refractivity contribution is -0.142. The van der Waals surface area contributed by atoms with Crippen molar-refractivity contribution in [2.24, 2.45) is 0 Å². The minimum Gasteiger partial charge on any atom is -0.489 e. The van der Waals surface area contributed by atoms with E-state index in [0.29, 0.717) is 13.0 Å². The van der Waals surface area contributed by atoms with Crippen LogP contribution in [0.5, 0.6) is 5.75 Å². The van der Waals surface area contributed by atoms with Crippen LogP contribution in [0.15, 0.2) is 83.3 Å². The van der Waals surface area contributed by atoms with Crippen LogP contribution in [0.2, 0.25) is 0 Å². The molecule has 4 nitrogen and oxygen atoms in total. The van der Waals surface area contributed by atoms with E-state index in [-0.39, 0.29) is 6.04 Å². The average Bonchev–Trinajstić information content (AvgIpc) is 3.24. The smallest absolute Gasteiger partial charge is 0.320 e. The van der Waals surface area contributed by atoms with Crippen molar-refractivity contribution in [3.63, 3.8) is 0 Å². The summed E-state index contributed by atoms with van der Waals surface area (Å²) in [5.41, 5.74) is 3.26. The fourth-order valence-corrected chi connectivity index (χ4v) is 4.52. The maximum Gasteiger partial charge on any atom is 0.320 e. The number of hydrogen-bond acceptors (Lipinski definition) is 3. The lowest BCUT2D eigenvalue weighted by Crippen LogP contribution is -2.39. The van der Waals surface area contributed by atoms with Gasteiger partial charge in [-0.2, -0.15) is 0 Å². The molecule has 1 fully saturated rings. The SMILES string of the molecule is O=C(O)C1CCCN1C(c1ccc(OCc2ccccc2)cc1)c1cccc(Br)c1. The van der Waals surface area contributed by atoms with E-state index in [9.17, 15) is 9.90 Å². The molecule has 4 rings (SSSR count). The second-order valence-electron chi connectivity index (χ2n) is 7.53. The topological polar surface area (TPSA) is 49.8 Å². The van der Waals surface area contributed by atoms with E-state index in [1.807, 2.05) is 66.7 Å². The van der Waals surface area contributed by atoms with E-state index in [4.69, 9.17) is 4.74 Å². The van der Waals surface area contributed by atoms with Crippen molar-refractivity contribution in [3.05, 3.63) is 100 Å². The molecule has 0 spiro atoms. The van der Waals surface area contributed by atoms with Crippen molar-refractivity contribution >= 4 is 21.9 Å². The van der Waals surface area contributed by atoms with Crippen molar-refractivity contribution in [2.75, 3.05) is 6.54 Å². The summed E-state index contributed by atoms with van der Waals surface area (Å²) in [6, 6.07) is 25.6. The van der Waals surface area contributed by atoms with E-state index in [2.05, 4.69) is 33.0 Å². The molecular weight excluding hydrogens is 442 g/mol. The zero-order valence-corrected chi connectivity index (χ0v) is 18.2. The van der Waals surface area contributed by atoms with Gasteiger partial charge in [-0.1, -0.05) is 70.5 Å². The second kappa shape index (κ2) is 9.45. The van der Waals surface area contributed by atoms with Gasteiger partial charge >= 0.3 is 5.97 Å². The van der Waals surface area contributed by atoms with E-state index in [1.54, 1.807) is 0 Å². The Morgan fingerprint density at radius 3 is 2.50 bits per heavy atom. The second-order valence-corrected chi connectivity index (χ2v) is 8.45. The summed E-state index contributed by atoms with van der Waals surface area (Å²) in [5.74, 6) is 0.0436. The minimum atomic E-state index is -0.754. The molecule has 1 N–H and O–H groups in total. The predicted octanol–water partition coefficient (Wildman–Crippen LogP) is 5.67. The third-order valence-electron chi connectivity index (χ3n) is 5.52. The molecule has 2 unspecified atom stereocenters. The van der Waals surface area contributed by atoms with Crippen molar-refractivity contribution in [1.82, 2.24) is 4.90 Å². The van der Waals surface area contributed by atoms with Gasteiger partial charge in [0.05, 0.1) is 6.04 Å². The average molecular weight is 466 g/mol. The molecule has 3 aromatic rings. The summed E-state index contributed by atoms with van der Waals surface area (Å²) in [4.78, 5) is 14.0. The molecule has 0 saturated carbocycles. The Balaban J connectivity index is 1.59. The number of likely N-dealkylation sites (tertiary alicyclic amines) is 1. The Labute approximate surface area is 185 Å². The molecule has 1 aliphatic heterocycles. The molecule has 0 aromatic heterocycles. The molecule has 1 aliphatic rings. The highest BCUT2D eigenvalue weighted by Crippen LogP contribution is 2.36. The van der Waals surface area contributed by atoms with Gasteiger partial charge in [0.1, 0.15) is 18.4 Å². The summed E-state index contributed by atoms with van der Waals surface area (Å²) >= 11 is 3.56. The molecule has 154 valence electrons. The Morgan fingerprint density at radius 1 is 1.03 bits per heavy atom. The van der Waals surface area contributed by atoms with Gasteiger partial charge in [-0.05, 0) is 53.8 Å². The largest absolute Gasteiger partial charge is 0.489 e. The fraction of sp³-hybridized carbons (Fsp3) is 0.240. The summed E-state index contributed by atoms with van der Waals surface area (Å²) < 4.78 is 6.91. The maximum atomic E-state index is 11.8. The Kier molecular flexibility index (Phi) is 6.50. The summed E-state index contributed by atoms with van der Waals surface area (Å²) in [7, 11) is 0. The maximum absolute atomic E-state index is 11.8. The lowest BCUT2D eigenvalue weighted by Gasteiger charge is -2.32. The normalized spacial score (nSPS) is 17.6. The highest BCUT2D eigenvalue weighted by atomic mass is 79.9. The number of ether oxygens (including phenoxy) is 1. The Hall–Kier alpha value is -2.63. The van der Waals surface area contributed by atoms with Gasteiger partial charge in [-0.3, -0.25) is 9.69 Å².